The highest BCUT2D eigenvalue weighted by Crippen LogP contribution is 2.42. The number of aliphatic hydroxyl groups is 1. The zero-order valence-corrected chi connectivity index (χ0v) is 20.7. The number of carbonyl (C=O) groups is 2. The van der Waals surface area contributed by atoms with Crippen molar-refractivity contribution >= 4 is 17.4 Å². The molecule has 2 aromatic carbocycles. The number of benzene rings is 2. The number of carbonyl (C=O) groups excluding carboxylic acids is 2. The van der Waals surface area contributed by atoms with E-state index in [0.29, 0.717) is 31.1 Å². The van der Waals surface area contributed by atoms with Gasteiger partial charge in [-0.2, -0.15) is 0 Å². The molecule has 2 saturated heterocycles. The molecule has 9 heteroatoms. The summed E-state index contributed by atoms with van der Waals surface area (Å²) in [5, 5.41) is 11.2. The third kappa shape index (κ3) is 5.22. The lowest BCUT2D eigenvalue weighted by atomic mass is 9.94. The van der Waals surface area contributed by atoms with Crippen molar-refractivity contribution in [2.24, 2.45) is 0 Å². The SMILES string of the molecule is COc1ccccc1C1/C(=C(\O)c2ccc(OC(C)C)c(F)c2)C(=O)C(=O)N1CCN1CCOCC1. The van der Waals surface area contributed by atoms with E-state index >= 15 is 0 Å². The second-order valence-corrected chi connectivity index (χ2v) is 9.00. The molecule has 4 rings (SSSR count). The van der Waals surface area contributed by atoms with E-state index in [9.17, 15) is 19.1 Å². The van der Waals surface area contributed by atoms with E-state index in [1.54, 1.807) is 38.1 Å². The quantitative estimate of drug-likeness (QED) is 0.339. The lowest BCUT2D eigenvalue weighted by Crippen LogP contribution is -2.42. The van der Waals surface area contributed by atoms with E-state index in [1.165, 1.54) is 24.1 Å². The van der Waals surface area contributed by atoms with Crippen LogP contribution in [0.25, 0.3) is 5.76 Å². The van der Waals surface area contributed by atoms with Gasteiger partial charge in [-0.25, -0.2) is 4.39 Å². The van der Waals surface area contributed by atoms with Crippen molar-refractivity contribution in [3.05, 3.63) is 65.0 Å². The number of likely N-dealkylation sites (tertiary alicyclic amines) is 1. The number of halogens is 1. The summed E-state index contributed by atoms with van der Waals surface area (Å²) < 4.78 is 31.1. The third-order valence-corrected chi connectivity index (χ3v) is 6.30. The molecule has 0 radical (unpaired) electrons. The van der Waals surface area contributed by atoms with Gasteiger partial charge in [-0.15, -0.1) is 0 Å². The first-order valence-corrected chi connectivity index (χ1v) is 12.0. The Morgan fingerprint density at radius 2 is 1.83 bits per heavy atom. The molecular weight excluding hydrogens is 467 g/mol. The summed E-state index contributed by atoms with van der Waals surface area (Å²) in [6, 6.07) is 10.1. The summed E-state index contributed by atoms with van der Waals surface area (Å²) in [5.74, 6) is -2.17. The van der Waals surface area contributed by atoms with Crippen molar-refractivity contribution in [1.29, 1.82) is 0 Å². The van der Waals surface area contributed by atoms with Crippen LogP contribution in [0.15, 0.2) is 48.0 Å². The van der Waals surface area contributed by atoms with E-state index in [2.05, 4.69) is 4.90 Å². The summed E-state index contributed by atoms with van der Waals surface area (Å²) in [5.41, 5.74) is 0.529. The maximum Gasteiger partial charge on any atom is 0.295 e. The van der Waals surface area contributed by atoms with Gasteiger partial charge in [0.05, 0.1) is 38.0 Å². The zero-order chi connectivity index (χ0) is 25.8. The molecule has 1 amide bonds. The number of ether oxygens (including phenoxy) is 3. The van der Waals surface area contributed by atoms with Crippen LogP contribution in [0.2, 0.25) is 0 Å². The van der Waals surface area contributed by atoms with Crippen LogP contribution < -0.4 is 9.47 Å². The summed E-state index contributed by atoms with van der Waals surface area (Å²) in [6.45, 7) is 7.03. The van der Waals surface area contributed by atoms with Crippen LogP contribution in [-0.4, -0.2) is 79.2 Å². The number of hydrogen-bond donors (Lipinski definition) is 1. The maximum atomic E-state index is 14.7. The smallest absolute Gasteiger partial charge is 0.295 e. The summed E-state index contributed by atoms with van der Waals surface area (Å²) in [7, 11) is 1.50. The van der Waals surface area contributed by atoms with E-state index in [-0.39, 0.29) is 29.5 Å². The van der Waals surface area contributed by atoms with Gasteiger partial charge in [0.25, 0.3) is 11.7 Å². The van der Waals surface area contributed by atoms with E-state index in [1.807, 2.05) is 0 Å². The first-order valence-electron chi connectivity index (χ1n) is 12.0. The maximum absolute atomic E-state index is 14.7. The number of morpholine rings is 1. The molecule has 1 atom stereocenters. The van der Waals surface area contributed by atoms with Gasteiger partial charge in [-0.1, -0.05) is 18.2 Å². The Hall–Kier alpha value is -3.43. The molecule has 2 aliphatic rings. The average molecular weight is 499 g/mol. The molecule has 1 N–H and O–H groups in total. The van der Waals surface area contributed by atoms with Crippen LogP contribution in [0.1, 0.15) is 31.0 Å². The second kappa shape index (κ2) is 11.1. The van der Waals surface area contributed by atoms with Gasteiger partial charge in [-0.05, 0) is 38.1 Å². The number of nitrogens with zero attached hydrogens (tertiary/aromatic N) is 2. The summed E-state index contributed by atoms with van der Waals surface area (Å²) in [6.07, 6.45) is -0.235. The van der Waals surface area contributed by atoms with Gasteiger partial charge >= 0.3 is 0 Å². The number of para-hydroxylation sites is 1. The van der Waals surface area contributed by atoms with Gasteiger partial charge in [0, 0.05) is 37.3 Å². The van der Waals surface area contributed by atoms with Crippen LogP contribution in [0, 0.1) is 5.82 Å². The molecule has 2 heterocycles. The Morgan fingerprint density at radius 3 is 2.50 bits per heavy atom. The average Bonchev–Trinajstić information content (AvgIpc) is 3.13. The lowest BCUT2D eigenvalue weighted by molar-refractivity contribution is -0.140. The van der Waals surface area contributed by atoms with Gasteiger partial charge in [-0.3, -0.25) is 14.5 Å². The summed E-state index contributed by atoms with van der Waals surface area (Å²) >= 11 is 0. The molecule has 2 aromatic rings. The number of rotatable bonds is 8. The predicted molar refractivity (Wildman–Crippen MR) is 131 cm³/mol. The molecule has 2 fully saturated rings. The highest BCUT2D eigenvalue weighted by molar-refractivity contribution is 6.46. The van der Waals surface area contributed by atoms with E-state index < -0.39 is 29.3 Å². The topological polar surface area (TPSA) is 88.5 Å². The van der Waals surface area contributed by atoms with Crippen LogP contribution in [-0.2, 0) is 14.3 Å². The number of amides is 1. The second-order valence-electron chi connectivity index (χ2n) is 9.00. The molecule has 0 saturated carbocycles. The van der Waals surface area contributed by atoms with Crippen molar-refractivity contribution in [2.45, 2.75) is 26.0 Å². The number of aliphatic hydroxyl groups excluding tert-OH is 1. The van der Waals surface area contributed by atoms with Crippen molar-refractivity contribution in [2.75, 3.05) is 46.5 Å². The molecule has 2 aliphatic heterocycles. The van der Waals surface area contributed by atoms with Crippen LogP contribution >= 0.6 is 0 Å². The van der Waals surface area contributed by atoms with Gasteiger partial charge in [0.1, 0.15) is 11.5 Å². The van der Waals surface area contributed by atoms with Crippen molar-refractivity contribution in [3.63, 3.8) is 0 Å². The molecule has 0 spiro atoms. The monoisotopic (exact) mass is 498 g/mol. The number of Topliss-reactive ketones (excluding diaryl/α,β-unsaturated/α-hetero) is 1. The molecule has 0 aromatic heterocycles. The standard InChI is InChI=1S/C27H31FN2O6/c1-17(2)36-22-9-8-18(16-20(22)28)25(31)23-24(19-6-4-5-7-21(19)34-3)30(27(33)26(23)32)11-10-29-12-14-35-15-13-29/h4-9,16-17,24,31H,10-15H2,1-3H3/b25-23+. The molecule has 8 nitrogen and oxygen atoms in total. The third-order valence-electron chi connectivity index (χ3n) is 6.30. The Labute approximate surface area is 209 Å². The molecule has 0 bridgehead atoms. The van der Waals surface area contributed by atoms with Crippen molar-refractivity contribution in [1.82, 2.24) is 9.80 Å². The molecule has 0 aliphatic carbocycles. The molecule has 192 valence electrons. The number of methoxy groups -OCH3 is 1. The minimum Gasteiger partial charge on any atom is -0.507 e. The van der Waals surface area contributed by atoms with Crippen LogP contribution in [0.4, 0.5) is 4.39 Å². The molecule has 36 heavy (non-hydrogen) atoms. The van der Waals surface area contributed by atoms with Crippen LogP contribution in [0.5, 0.6) is 11.5 Å². The minimum atomic E-state index is -0.892. The predicted octanol–water partition coefficient (Wildman–Crippen LogP) is 3.38. The minimum absolute atomic E-state index is 0.0359. The Morgan fingerprint density at radius 1 is 1.11 bits per heavy atom. The fourth-order valence-corrected chi connectivity index (χ4v) is 4.55. The Balaban J connectivity index is 1.76. The Kier molecular flexibility index (Phi) is 7.91. The Bertz CT molecular complexity index is 1160. The van der Waals surface area contributed by atoms with E-state index in [0.717, 1.165) is 19.2 Å². The molecule has 1 unspecified atom stereocenters. The zero-order valence-electron chi connectivity index (χ0n) is 20.7. The highest BCUT2D eigenvalue weighted by Gasteiger charge is 2.47. The van der Waals surface area contributed by atoms with Crippen LogP contribution in [0.3, 0.4) is 0 Å². The first-order chi connectivity index (χ1) is 17.3. The highest BCUT2D eigenvalue weighted by atomic mass is 19.1. The number of ketones is 1. The normalized spacial score (nSPS) is 20.2. The van der Waals surface area contributed by atoms with Gasteiger partial charge in [0.15, 0.2) is 11.6 Å². The van der Waals surface area contributed by atoms with Gasteiger partial charge in [0.2, 0.25) is 0 Å². The van der Waals surface area contributed by atoms with Gasteiger partial charge < -0.3 is 24.2 Å². The van der Waals surface area contributed by atoms with Crippen molar-refractivity contribution < 1.29 is 33.3 Å². The lowest BCUT2D eigenvalue weighted by Gasteiger charge is -2.31. The first kappa shape index (κ1) is 25.7. The number of hydrogen-bond acceptors (Lipinski definition) is 7. The fraction of sp³-hybridized carbons (Fsp3) is 0.407. The van der Waals surface area contributed by atoms with Crippen molar-refractivity contribution in [3.8, 4) is 11.5 Å². The summed E-state index contributed by atoms with van der Waals surface area (Å²) in [4.78, 5) is 30.1. The fourth-order valence-electron chi connectivity index (χ4n) is 4.55. The molecular formula is C27H31FN2O6. The van der Waals surface area contributed by atoms with E-state index in [4.69, 9.17) is 14.2 Å². The largest absolute Gasteiger partial charge is 0.507 e.